The second kappa shape index (κ2) is 9.97. The molecule has 0 heterocycles. The fraction of sp³-hybridized carbons (Fsp3) is 0.240. The lowest BCUT2D eigenvalue weighted by molar-refractivity contribution is 0.205. The molecule has 0 aromatic heterocycles. The molecule has 1 amide bonds. The Bertz CT molecular complexity index is 1100. The summed E-state index contributed by atoms with van der Waals surface area (Å²) in [7, 11) is -4.13. The Hall–Kier alpha value is -3.16. The van der Waals surface area contributed by atoms with E-state index in [-0.39, 0.29) is 17.9 Å². The first-order valence-corrected chi connectivity index (χ1v) is 11.8. The van der Waals surface area contributed by atoms with E-state index in [4.69, 9.17) is 4.74 Å². The Kier molecular flexibility index (Phi) is 7.33. The summed E-state index contributed by atoms with van der Waals surface area (Å²) in [6.45, 7) is 6.03. The van der Waals surface area contributed by atoms with E-state index < -0.39 is 16.3 Å². The van der Waals surface area contributed by atoms with Crippen LogP contribution in [-0.2, 0) is 15.6 Å². The average Bonchev–Trinajstić information content (AvgIpc) is 2.74. The summed E-state index contributed by atoms with van der Waals surface area (Å²) in [5, 5.41) is 0. The highest BCUT2D eigenvalue weighted by Crippen LogP contribution is 2.31. The molecule has 0 aliphatic rings. The van der Waals surface area contributed by atoms with E-state index in [1.165, 1.54) is 0 Å². The van der Waals surface area contributed by atoms with Crippen LogP contribution in [0.5, 0.6) is 5.75 Å². The van der Waals surface area contributed by atoms with E-state index in [0.717, 1.165) is 16.7 Å². The van der Waals surface area contributed by atoms with Gasteiger partial charge >= 0.3 is 16.3 Å². The number of ether oxygens (including phenoxy) is 1. The molecule has 0 unspecified atom stereocenters. The molecule has 0 bridgehead atoms. The quantitative estimate of drug-likeness (QED) is 0.542. The molecule has 0 radical (unpaired) electrons. The molecule has 0 saturated carbocycles. The fourth-order valence-corrected chi connectivity index (χ4v) is 4.15. The molecule has 168 valence electrons. The van der Waals surface area contributed by atoms with Gasteiger partial charge in [0, 0.05) is 18.0 Å². The summed E-state index contributed by atoms with van der Waals surface area (Å²) in [6, 6.07) is 26.3. The van der Waals surface area contributed by atoms with Crippen molar-refractivity contribution in [1.29, 1.82) is 0 Å². The Labute approximate surface area is 189 Å². The van der Waals surface area contributed by atoms with Gasteiger partial charge in [0.25, 0.3) is 0 Å². The van der Waals surface area contributed by atoms with E-state index in [1.54, 1.807) is 12.1 Å². The number of amides is 1. The third kappa shape index (κ3) is 6.42. The van der Waals surface area contributed by atoms with Crippen LogP contribution < -0.4 is 14.2 Å². The van der Waals surface area contributed by atoms with E-state index >= 15 is 0 Å². The van der Waals surface area contributed by atoms with Crippen LogP contribution in [0.25, 0.3) is 0 Å². The van der Waals surface area contributed by atoms with Crippen LogP contribution in [0.3, 0.4) is 0 Å². The molecule has 0 fully saturated rings. The van der Waals surface area contributed by atoms with Crippen molar-refractivity contribution in [3.63, 3.8) is 0 Å². The van der Waals surface area contributed by atoms with Crippen molar-refractivity contribution >= 4 is 16.3 Å². The van der Waals surface area contributed by atoms with Crippen molar-refractivity contribution in [3.8, 4) is 5.75 Å². The second-order valence-electron chi connectivity index (χ2n) is 8.46. The fourth-order valence-electron chi connectivity index (χ4n) is 3.43. The zero-order valence-corrected chi connectivity index (χ0v) is 19.2. The molecule has 2 N–H and O–H groups in total. The Morgan fingerprint density at radius 1 is 0.844 bits per heavy atom. The molecule has 3 aromatic carbocycles. The van der Waals surface area contributed by atoms with Gasteiger partial charge < -0.3 is 4.74 Å². The minimum absolute atomic E-state index is 0.0786. The van der Waals surface area contributed by atoms with E-state index in [0.29, 0.717) is 5.75 Å². The molecule has 32 heavy (non-hydrogen) atoms. The Morgan fingerprint density at radius 2 is 1.34 bits per heavy atom. The zero-order chi connectivity index (χ0) is 23.2. The van der Waals surface area contributed by atoms with Crippen LogP contribution in [-0.4, -0.2) is 21.1 Å². The lowest BCUT2D eigenvalue weighted by atomic mass is 9.86. The molecule has 0 aliphatic carbocycles. The predicted molar refractivity (Wildman–Crippen MR) is 126 cm³/mol. The van der Waals surface area contributed by atoms with Gasteiger partial charge in [-0.05, 0) is 22.6 Å². The molecule has 3 rings (SSSR count). The van der Waals surface area contributed by atoms with Crippen LogP contribution in [0.4, 0.5) is 4.79 Å². The van der Waals surface area contributed by atoms with Crippen LogP contribution in [0, 0.1) is 0 Å². The van der Waals surface area contributed by atoms with Gasteiger partial charge in [-0.15, -0.1) is 0 Å². The van der Waals surface area contributed by atoms with Crippen LogP contribution in [0.1, 0.15) is 43.4 Å². The summed E-state index contributed by atoms with van der Waals surface area (Å²) >= 11 is 0. The van der Waals surface area contributed by atoms with Gasteiger partial charge in [-0.1, -0.05) is 99.6 Å². The Balaban J connectivity index is 1.70. The minimum Gasteiger partial charge on any atom is -0.409 e. The zero-order valence-electron chi connectivity index (χ0n) is 18.4. The van der Waals surface area contributed by atoms with Gasteiger partial charge in [-0.3, -0.25) is 0 Å². The van der Waals surface area contributed by atoms with Gasteiger partial charge in [0.2, 0.25) is 0 Å². The smallest absolute Gasteiger partial charge is 0.409 e. The molecular formula is C25H28N2O4S. The summed E-state index contributed by atoms with van der Waals surface area (Å²) in [5.74, 6) is 0.103. The van der Waals surface area contributed by atoms with Crippen LogP contribution in [0.15, 0.2) is 84.9 Å². The first-order chi connectivity index (χ1) is 15.2. The van der Waals surface area contributed by atoms with Crippen LogP contribution >= 0.6 is 0 Å². The van der Waals surface area contributed by atoms with Crippen molar-refractivity contribution < 1.29 is 17.9 Å². The van der Waals surface area contributed by atoms with Crippen molar-refractivity contribution in [2.75, 3.05) is 6.54 Å². The number of hydrogen-bond donors (Lipinski definition) is 2. The number of nitrogens with one attached hydrogen (secondary N) is 2. The normalized spacial score (nSPS) is 11.9. The predicted octanol–water partition coefficient (Wildman–Crippen LogP) is 4.74. The van der Waals surface area contributed by atoms with Gasteiger partial charge in [0.15, 0.2) is 0 Å². The maximum atomic E-state index is 12.6. The van der Waals surface area contributed by atoms with Gasteiger partial charge in [-0.2, -0.15) is 13.1 Å². The highest BCUT2D eigenvalue weighted by Gasteiger charge is 2.23. The second-order valence-corrected chi connectivity index (χ2v) is 9.96. The topological polar surface area (TPSA) is 84.5 Å². The number of carbonyl (C=O) groups excluding carboxylic acids is 1. The Morgan fingerprint density at radius 3 is 1.88 bits per heavy atom. The molecule has 0 aliphatic heterocycles. The number of hydrogen-bond acceptors (Lipinski definition) is 4. The minimum atomic E-state index is -4.13. The molecule has 0 atom stereocenters. The van der Waals surface area contributed by atoms with Crippen molar-refractivity contribution in [2.24, 2.45) is 0 Å². The summed E-state index contributed by atoms with van der Waals surface area (Å²) in [6.07, 6.45) is -1.06. The lowest BCUT2D eigenvalue weighted by Gasteiger charge is -2.22. The summed E-state index contributed by atoms with van der Waals surface area (Å²) < 4.78 is 34.8. The van der Waals surface area contributed by atoms with Gasteiger partial charge in [0.1, 0.15) is 5.75 Å². The third-order valence-electron chi connectivity index (χ3n) is 5.00. The SMILES string of the molecule is CC(C)(C)c1ccccc1OC(=O)NS(=O)(=O)NCC(c1ccccc1)c1ccccc1. The van der Waals surface area contributed by atoms with E-state index in [2.05, 4.69) is 4.72 Å². The summed E-state index contributed by atoms with van der Waals surface area (Å²) in [4.78, 5) is 12.3. The average molecular weight is 453 g/mol. The molecule has 0 saturated heterocycles. The lowest BCUT2D eigenvalue weighted by Crippen LogP contribution is -2.43. The third-order valence-corrected chi connectivity index (χ3v) is 5.98. The van der Waals surface area contributed by atoms with Crippen LogP contribution in [0.2, 0.25) is 0 Å². The number of para-hydroxylation sites is 1. The van der Waals surface area contributed by atoms with E-state index in [1.807, 2.05) is 98.3 Å². The molecule has 3 aromatic rings. The number of benzene rings is 3. The maximum absolute atomic E-state index is 12.6. The summed E-state index contributed by atoms with van der Waals surface area (Å²) in [5.41, 5.74) is 2.45. The molecular weight excluding hydrogens is 424 g/mol. The largest absolute Gasteiger partial charge is 0.427 e. The van der Waals surface area contributed by atoms with Crippen molar-refractivity contribution in [3.05, 3.63) is 102 Å². The standard InChI is InChI=1S/C25H28N2O4S/c1-25(2,3)22-16-10-11-17-23(22)31-24(28)27-32(29,30)26-18-21(19-12-6-4-7-13-19)20-14-8-5-9-15-20/h4-17,21,26H,18H2,1-3H3,(H,27,28). The number of rotatable bonds is 7. The first kappa shape index (κ1) is 23.5. The maximum Gasteiger partial charge on any atom is 0.427 e. The molecule has 7 heteroatoms. The highest BCUT2D eigenvalue weighted by atomic mass is 32.2. The van der Waals surface area contributed by atoms with Gasteiger partial charge in [-0.25, -0.2) is 9.52 Å². The van der Waals surface area contributed by atoms with E-state index in [9.17, 15) is 13.2 Å². The molecule has 0 spiro atoms. The van der Waals surface area contributed by atoms with Gasteiger partial charge in [0.05, 0.1) is 0 Å². The highest BCUT2D eigenvalue weighted by molar-refractivity contribution is 7.88. The monoisotopic (exact) mass is 452 g/mol. The van der Waals surface area contributed by atoms with Crippen molar-refractivity contribution in [2.45, 2.75) is 32.1 Å². The van der Waals surface area contributed by atoms with Crippen molar-refractivity contribution in [1.82, 2.24) is 9.44 Å². The number of carbonyl (C=O) groups is 1. The molecule has 6 nitrogen and oxygen atoms in total. The first-order valence-electron chi connectivity index (χ1n) is 10.3.